The number of nitrogens with zero attached hydrogens (tertiary/aromatic N) is 2. The van der Waals surface area contributed by atoms with E-state index in [1.165, 1.54) is 17.7 Å². The lowest BCUT2D eigenvalue weighted by Crippen LogP contribution is -2.07. The van der Waals surface area contributed by atoms with Crippen molar-refractivity contribution in [2.45, 2.75) is 38.8 Å². The minimum atomic E-state index is -4.31. The number of rotatable bonds is 4. The summed E-state index contributed by atoms with van der Waals surface area (Å²) >= 11 is 0. The van der Waals surface area contributed by atoms with Crippen molar-refractivity contribution in [2.75, 3.05) is 11.9 Å². The van der Waals surface area contributed by atoms with Gasteiger partial charge in [-0.15, -0.1) is 0 Å². The Hall–Kier alpha value is -1.98. The molecule has 6 heteroatoms. The lowest BCUT2D eigenvalue weighted by atomic mass is 10.1. The Kier molecular flexibility index (Phi) is 3.85. The third kappa shape index (κ3) is 2.69. The summed E-state index contributed by atoms with van der Waals surface area (Å²) in [5.74, 6) is 0.922. The van der Waals surface area contributed by atoms with Gasteiger partial charge in [-0.1, -0.05) is 13.3 Å². The lowest BCUT2D eigenvalue weighted by molar-refractivity contribution is -0.137. The summed E-state index contributed by atoms with van der Waals surface area (Å²) in [6.07, 6.45) is -0.315. The van der Waals surface area contributed by atoms with E-state index in [-0.39, 0.29) is 0 Å². The number of fused-ring (bicyclic) bond motifs is 1. The second-order valence-electron chi connectivity index (χ2n) is 5.51. The standard InChI is InChI=1S/C16H18F3N3/c1-2-3-4-14-13-9-10-20-15(13)22(21-14)12-7-5-11(6-8-12)16(17,18)19/h5-8,20H,2-4,9-10H2,1H3. The first kappa shape index (κ1) is 14.9. The maximum atomic E-state index is 12.7. The van der Waals surface area contributed by atoms with Crippen molar-refractivity contribution in [3.8, 4) is 5.69 Å². The molecule has 1 aliphatic rings. The summed E-state index contributed by atoms with van der Waals surface area (Å²) < 4.78 is 39.7. The van der Waals surface area contributed by atoms with Crippen molar-refractivity contribution in [2.24, 2.45) is 0 Å². The normalized spacial score (nSPS) is 14.0. The van der Waals surface area contributed by atoms with Gasteiger partial charge < -0.3 is 5.32 Å². The third-order valence-corrected chi connectivity index (χ3v) is 3.94. The van der Waals surface area contributed by atoms with Crippen LogP contribution in [0.2, 0.25) is 0 Å². The Labute approximate surface area is 127 Å². The minimum absolute atomic E-state index is 0.640. The predicted octanol–water partition coefficient (Wildman–Crippen LogP) is 4.20. The molecule has 0 unspecified atom stereocenters. The van der Waals surface area contributed by atoms with Crippen LogP contribution in [-0.2, 0) is 19.0 Å². The van der Waals surface area contributed by atoms with Gasteiger partial charge in [-0.05, 0) is 43.5 Å². The van der Waals surface area contributed by atoms with Crippen LogP contribution in [0.25, 0.3) is 5.69 Å². The van der Waals surface area contributed by atoms with Gasteiger partial charge in [0.05, 0.1) is 16.9 Å². The third-order valence-electron chi connectivity index (χ3n) is 3.94. The molecule has 0 fully saturated rings. The van der Waals surface area contributed by atoms with E-state index in [9.17, 15) is 13.2 Å². The Morgan fingerprint density at radius 3 is 2.59 bits per heavy atom. The van der Waals surface area contributed by atoms with Crippen LogP contribution in [-0.4, -0.2) is 16.3 Å². The van der Waals surface area contributed by atoms with E-state index in [0.717, 1.165) is 55.9 Å². The molecule has 1 aromatic carbocycles. The highest BCUT2D eigenvalue weighted by Gasteiger charge is 2.30. The van der Waals surface area contributed by atoms with Crippen molar-refractivity contribution in [1.82, 2.24) is 9.78 Å². The summed E-state index contributed by atoms with van der Waals surface area (Å²) in [6.45, 7) is 2.98. The van der Waals surface area contributed by atoms with Crippen LogP contribution in [0.3, 0.4) is 0 Å². The number of aromatic nitrogens is 2. The number of halogens is 3. The Morgan fingerprint density at radius 2 is 1.95 bits per heavy atom. The number of hydrogen-bond donors (Lipinski definition) is 1. The number of nitrogens with one attached hydrogen (secondary N) is 1. The zero-order chi connectivity index (χ0) is 15.7. The fraction of sp³-hybridized carbons (Fsp3) is 0.438. The molecule has 0 atom stereocenters. The number of alkyl halides is 3. The van der Waals surface area contributed by atoms with Crippen molar-refractivity contribution in [1.29, 1.82) is 0 Å². The first-order chi connectivity index (χ1) is 10.5. The zero-order valence-corrected chi connectivity index (χ0v) is 12.4. The molecule has 118 valence electrons. The van der Waals surface area contributed by atoms with E-state index in [0.29, 0.717) is 5.69 Å². The van der Waals surface area contributed by atoms with Crippen LogP contribution in [0.15, 0.2) is 24.3 Å². The maximum absolute atomic E-state index is 12.7. The highest BCUT2D eigenvalue weighted by atomic mass is 19.4. The molecule has 2 heterocycles. The van der Waals surface area contributed by atoms with E-state index in [4.69, 9.17) is 0 Å². The summed E-state index contributed by atoms with van der Waals surface area (Å²) in [5, 5.41) is 7.89. The minimum Gasteiger partial charge on any atom is -0.369 e. The lowest BCUT2D eigenvalue weighted by Gasteiger charge is -2.09. The van der Waals surface area contributed by atoms with E-state index in [1.54, 1.807) is 4.68 Å². The average Bonchev–Trinajstić information content (AvgIpc) is 3.07. The van der Waals surface area contributed by atoms with Gasteiger partial charge in [0.25, 0.3) is 0 Å². The van der Waals surface area contributed by atoms with Crippen LogP contribution in [0.1, 0.15) is 36.6 Å². The summed E-state index contributed by atoms with van der Waals surface area (Å²) in [6, 6.07) is 5.15. The molecule has 22 heavy (non-hydrogen) atoms. The van der Waals surface area contributed by atoms with Gasteiger partial charge in [0.1, 0.15) is 5.82 Å². The van der Waals surface area contributed by atoms with Crippen molar-refractivity contribution < 1.29 is 13.2 Å². The molecular weight excluding hydrogens is 291 g/mol. The SMILES string of the molecule is CCCCc1nn(-c2ccc(C(F)(F)F)cc2)c2c1CCN2. The molecule has 1 aromatic heterocycles. The number of benzene rings is 1. The van der Waals surface area contributed by atoms with Crippen molar-refractivity contribution >= 4 is 5.82 Å². The fourth-order valence-corrected chi connectivity index (χ4v) is 2.77. The molecule has 1 aliphatic heterocycles. The van der Waals surface area contributed by atoms with Gasteiger partial charge in [0.15, 0.2) is 0 Å². The van der Waals surface area contributed by atoms with Crippen LogP contribution >= 0.6 is 0 Å². The van der Waals surface area contributed by atoms with E-state index >= 15 is 0 Å². The number of aryl methyl sites for hydroxylation is 1. The Balaban J connectivity index is 1.95. The molecule has 0 saturated heterocycles. The number of unbranched alkanes of at least 4 members (excludes halogenated alkanes) is 1. The first-order valence-electron chi connectivity index (χ1n) is 7.53. The molecule has 1 N–H and O–H groups in total. The highest BCUT2D eigenvalue weighted by Crippen LogP contribution is 2.32. The molecule has 3 nitrogen and oxygen atoms in total. The van der Waals surface area contributed by atoms with Gasteiger partial charge in [-0.2, -0.15) is 18.3 Å². The average molecular weight is 309 g/mol. The second kappa shape index (κ2) is 5.66. The van der Waals surface area contributed by atoms with Crippen LogP contribution in [0.5, 0.6) is 0 Å². The largest absolute Gasteiger partial charge is 0.416 e. The molecule has 0 radical (unpaired) electrons. The van der Waals surface area contributed by atoms with E-state index < -0.39 is 11.7 Å². The van der Waals surface area contributed by atoms with Gasteiger partial charge >= 0.3 is 6.18 Å². The summed E-state index contributed by atoms with van der Waals surface area (Å²) in [5.41, 5.74) is 2.27. The number of anilines is 1. The van der Waals surface area contributed by atoms with Crippen LogP contribution in [0.4, 0.5) is 19.0 Å². The molecular formula is C16H18F3N3. The van der Waals surface area contributed by atoms with Gasteiger partial charge in [0, 0.05) is 12.1 Å². The Morgan fingerprint density at radius 1 is 1.23 bits per heavy atom. The van der Waals surface area contributed by atoms with Crippen molar-refractivity contribution in [3.05, 3.63) is 41.1 Å². The summed E-state index contributed by atoms with van der Waals surface area (Å²) in [7, 11) is 0. The first-order valence-corrected chi connectivity index (χ1v) is 7.53. The second-order valence-corrected chi connectivity index (χ2v) is 5.51. The molecule has 0 spiro atoms. The summed E-state index contributed by atoms with van der Waals surface area (Å²) in [4.78, 5) is 0. The highest BCUT2D eigenvalue weighted by molar-refractivity contribution is 5.57. The van der Waals surface area contributed by atoms with Gasteiger partial charge in [0.2, 0.25) is 0 Å². The van der Waals surface area contributed by atoms with Crippen LogP contribution in [0, 0.1) is 0 Å². The quantitative estimate of drug-likeness (QED) is 0.917. The fourth-order valence-electron chi connectivity index (χ4n) is 2.77. The monoisotopic (exact) mass is 309 g/mol. The topological polar surface area (TPSA) is 29.9 Å². The number of hydrogen-bond acceptors (Lipinski definition) is 2. The molecule has 3 rings (SSSR count). The van der Waals surface area contributed by atoms with Crippen LogP contribution < -0.4 is 5.32 Å². The zero-order valence-electron chi connectivity index (χ0n) is 12.4. The molecule has 0 aliphatic carbocycles. The maximum Gasteiger partial charge on any atom is 0.416 e. The van der Waals surface area contributed by atoms with Gasteiger partial charge in [-0.25, -0.2) is 4.68 Å². The predicted molar refractivity (Wildman–Crippen MR) is 79.4 cm³/mol. The van der Waals surface area contributed by atoms with Crippen molar-refractivity contribution in [3.63, 3.8) is 0 Å². The molecule has 0 saturated carbocycles. The van der Waals surface area contributed by atoms with E-state index in [2.05, 4.69) is 17.3 Å². The van der Waals surface area contributed by atoms with Gasteiger partial charge in [-0.3, -0.25) is 0 Å². The molecule has 0 bridgehead atoms. The molecule has 0 amide bonds. The molecule has 2 aromatic rings. The smallest absolute Gasteiger partial charge is 0.369 e. The Bertz CT molecular complexity index is 657. The van der Waals surface area contributed by atoms with E-state index in [1.807, 2.05) is 0 Å².